The molecule has 0 aliphatic heterocycles. The van der Waals surface area contributed by atoms with E-state index in [1.54, 1.807) is 0 Å². The van der Waals surface area contributed by atoms with E-state index < -0.39 is 0 Å². The summed E-state index contributed by atoms with van der Waals surface area (Å²) in [5.41, 5.74) is 0. The molecule has 0 saturated carbocycles. The Bertz CT molecular complexity index is 999. The van der Waals surface area contributed by atoms with Crippen LogP contribution in [0.15, 0.2) is 24.3 Å². The molecule has 0 heterocycles. The lowest BCUT2D eigenvalue weighted by Gasteiger charge is -2.22. The summed E-state index contributed by atoms with van der Waals surface area (Å²) < 4.78 is 44.3. The van der Waals surface area contributed by atoms with Crippen LogP contribution < -0.4 is 0 Å². The van der Waals surface area contributed by atoms with Gasteiger partial charge in [0, 0.05) is 26.4 Å². The Labute approximate surface area is 482 Å². The van der Waals surface area contributed by atoms with Gasteiger partial charge < -0.3 is 33.2 Å². The van der Waals surface area contributed by atoms with Crippen LogP contribution in [0.4, 0.5) is 0 Å². The zero-order valence-electron chi connectivity index (χ0n) is 53.1. The van der Waals surface area contributed by atoms with Gasteiger partial charge in [-0.25, -0.2) is 0 Å². The minimum Gasteiger partial charge on any atom is -0.353 e. The molecule has 0 saturated heterocycles. The Hall–Kier alpha value is -0.800. The third kappa shape index (κ3) is 61.1. The summed E-state index contributed by atoms with van der Waals surface area (Å²) in [6.07, 6.45) is 71.0. The summed E-state index contributed by atoms with van der Waals surface area (Å²) in [7, 11) is 0. The highest BCUT2D eigenvalue weighted by atomic mass is 16.8. The van der Waals surface area contributed by atoms with Crippen molar-refractivity contribution in [2.75, 3.05) is 39.6 Å². The minimum atomic E-state index is -0.375. The second-order valence-electron chi connectivity index (χ2n) is 23.1. The van der Waals surface area contributed by atoms with E-state index in [-0.39, 0.29) is 25.2 Å². The first kappa shape index (κ1) is 76.2. The van der Waals surface area contributed by atoms with Crippen molar-refractivity contribution >= 4 is 0 Å². The quantitative estimate of drug-likeness (QED) is 0.0342. The number of ether oxygens (including phenoxy) is 7. The van der Waals surface area contributed by atoms with Crippen LogP contribution in [-0.2, 0) is 33.2 Å². The average molecular weight is 1090 g/mol. The van der Waals surface area contributed by atoms with Crippen LogP contribution in [0.3, 0.4) is 0 Å². The van der Waals surface area contributed by atoms with Crippen LogP contribution in [0.5, 0.6) is 0 Å². The Morgan fingerprint density at radius 3 is 0.701 bits per heavy atom. The molecule has 0 bridgehead atoms. The van der Waals surface area contributed by atoms with Crippen molar-refractivity contribution in [1.29, 1.82) is 0 Å². The van der Waals surface area contributed by atoms with E-state index in [2.05, 4.69) is 65.8 Å². The van der Waals surface area contributed by atoms with Crippen molar-refractivity contribution in [3.63, 3.8) is 0 Å². The molecule has 0 rings (SSSR count). The monoisotopic (exact) mass is 1090 g/mol. The van der Waals surface area contributed by atoms with Crippen molar-refractivity contribution in [3.05, 3.63) is 24.3 Å². The predicted molar refractivity (Wildman–Crippen MR) is 335 cm³/mol. The molecule has 7 heteroatoms. The van der Waals surface area contributed by atoms with Gasteiger partial charge >= 0.3 is 0 Å². The second-order valence-corrected chi connectivity index (χ2v) is 23.1. The maximum absolute atomic E-state index is 6.58. The van der Waals surface area contributed by atoms with Gasteiger partial charge in [-0.1, -0.05) is 285 Å². The fourth-order valence-electron chi connectivity index (χ4n) is 10.0. The van der Waals surface area contributed by atoms with Crippen molar-refractivity contribution in [2.45, 2.75) is 388 Å². The summed E-state index contributed by atoms with van der Waals surface area (Å²) in [5, 5.41) is 0. The number of allylic oxidation sites excluding steroid dienone is 2. The summed E-state index contributed by atoms with van der Waals surface area (Å²) in [6.45, 7) is 18.5. The average Bonchev–Trinajstić information content (AvgIpc) is 3.43. The molecule has 7 nitrogen and oxygen atoms in total. The maximum Gasteiger partial charge on any atom is 0.180 e. The highest BCUT2D eigenvalue weighted by Gasteiger charge is 2.15. The lowest BCUT2D eigenvalue weighted by atomic mass is 10.1. The van der Waals surface area contributed by atoms with Crippen LogP contribution in [-0.4, -0.2) is 64.8 Å². The van der Waals surface area contributed by atoms with Crippen molar-refractivity contribution in [2.24, 2.45) is 0 Å². The van der Waals surface area contributed by atoms with Crippen LogP contribution in [0.2, 0.25) is 0 Å². The second kappa shape index (κ2) is 67.7. The Morgan fingerprint density at radius 2 is 0.429 bits per heavy atom. The fourth-order valence-corrected chi connectivity index (χ4v) is 10.0. The van der Waals surface area contributed by atoms with Crippen LogP contribution in [0.1, 0.15) is 363 Å². The molecule has 0 aromatic rings. The molecule has 77 heavy (non-hydrogen) atoms. The van der Waals surface area contributed by atoms with E-state index in [1.807, 2.05) is 0 Å². The molecule has 0 fully saturated rings. The van der Waals surface area contributed by atoms with Crippen LogP contribution in [0, 0.1) is 0 Å². The van der Waals surface area contributed by atoms with Crippen LogP contribution >= 0.6 is 0 Å². The molecule has 0 aliphatic carbocycles. The Kier molecular flexibility index (Phi) is 67.0. The molecule has 0 aromatic heterocycles. The number of hydrogen-bond donors (Lipinski definition) is 0. The van der Waals surface area contributed by atoms with Gasteiger partial charge in [0.2, 0.25) is 0 Å². The van der Waals surface area contributed by atoms with Gasteiger partial charge in [-0.05, 0) is 102 Å². The molecule has 0 aliphatic rings. The third-order valence-electron chi connectivity index (χ3n) is 15.2. The van der Waals surface area contributed by atoms with Gasteiger partial charge in [0.05, 0.1) is 13.2 Å². The van der Waals surface area contributed by atoms with Gasteiger partial charge in [0.25, 0.3) is 0 Å². The van der Waals surface area contributed by atoms with E-state index in [1.165, 1.54) is 283 Å². The lowest BCUT2D eigenvalue weighted by molar-refractivity contribution is -0.208. The SMILES string of the molecule is CCCCCCCOC(CCCCCCCCCCCC=CC(OCCCCCC)OC(C=CCCCCCCCCCCCC(OCCCCCCC)OCCCCCCC)OCCCCCC)OCCCCCCC. The molecule has 460 valence electrons. The first-order valence-corrected chi connectivity index (χ1v) is 34.8. The molecule has 0 spiro atoms. The van der Waals surface area contributed by atoms with E-state index >= 15 is 0 Å². The maximum atomic E-state index is 6.58. The minimum absolute atomic E-state index is 0.00455. The van der Waals surface area contributed by atoms with E-state index in [9.17, 15) is 0 Å². The normalized spacial score (nSPS) is 13.0. The molecule has 0 N–H and O–H groups in total. The highest BCUT2D eigenvalue weighted by Crippen LogP contribution is 2.19. The summed E-state index contributed by atoms with van der Waals surface area (Å²) in [5.74, 6) is 0. The molecule has 2 unspecified atom stereocenters. The van der Waals surface area contributed by atoms with Gasteiger partial charge in [-0.2, -0.15) is 0 Å². The fraction of sp³-hybridized carbons (Fsp3) is 0.943. The number of rotatable bonds is 68. The standard InChI is InChI=1S/C70H138O7/c1-7-13-19-43-53-61-71-67(72-62-54-44-20-14-8-2)57-47-39-35-31-27-25-29-33-37-41-49-59-69(75-65-51-23-17-11-5)77-70(76-66-52-24-18-12-6)60-50-42-38-34-30-26-28-32-36-40-48-58-68(73-63-55-45-21-15-9-3)74-64-56-46-22-16-10-4/h49-50,59-60,67-70H,7-48,51-58,61-66H2,1-6H3. The Balaban J connectivity index is 4.68. The molecular formula is C70H138O7. The van der Waals surface area contributed by atoms with Crippen molar-refractivity contribution < 1.29 is 33.2 Å². The topological polar surface area (TPSA) is 64.6 Å². The molecular weight excluding hydrogens is 953 g/mol. The number of unbranched alkanes of at least 4 members (excludes halogenated alkanes) is 40. The first-order chi connectivity index (χ1) is 38.1. The third-order valence-corrected chi connectivity index (χ3v) is 15.2. The van der Waals surface area contributed by atoms with Gasteiger partial charge in [-0.15, -0.1) is 0 Å². The summed E-state index contributed by atoms with van der Waals surface area (Å²) >= 11 is 0. The predicted octanol–water partition coefficient (Wildman–Crippen LogP) is 23.1. The van der Waals surface area contributed by atoms with Gasteiger partial charge in [-0.3, -0.25) is 0 Å². The molecule has 0 aromatic carbocycles. The molecule has 0 amide bonds. The van der Waals surface area contributed by atoms with Gasteiger partial charge in [0.15, 0.2) is 25.2 Å². The smallest absolute Gasteiger partial charge is 0.180 e. The zero-order valence-corrected chi connectivity index (χ0v) is 53.1. The van der Waals surface area contributed by atoms with Crippen molar-refractivity contribution in [3.8, 4) is 0 Å². The molecule has 2 atom stereocenters. The Morgan fingerprint density at radius 1 is 0.221 bits per heavy atom. The van der Waals surface area contributed by atoms with Crippen molar-refractivity contribution in [1.82, 2.24) is 0 Å². The van der Waals surface area contributed by atoms with Crippen LogP contribution in [0.25, 0.3) is 0 Å². The molecule has 0 radical (unpaired) electrons. The summed E-state index contributed by atoms with van der Waals surface area (Å²) in [4.78, 5) is 0. The number of hydrogen-bond acceptors (Lipinski definition) is 7. The van der Waals surface area contributed by atoms with E-state index in [4.69, 9.17) is 33.2 Å². The van der Waals surface area contributed by atoms with E-state index in [0.717, 1.165) is 78.2 Å². The first-order valence-electron chi connectivity index (χ1n) is 34.8. The van der Waals surface area contributed by atoms with Gasteiger partial charge in [0.1, 0.15) is 0 Å². The lowest BCUT2D eigenvalue weighted by Crippen LogP contribution is -2.25. The largest absolute Gasteiger partial charge is 0.353 e. The zero-order chi connectivity index (χ0) is 55.7. The summed E-state index contributed by atoms with van der Waals surface area (Å²) in [6, 6.07) is 0. The highest BCUT2D eigenvalue weighted by molar-refractivity contribution is 4.90. The van der Waals surface area contributed by atoms with E-state index in [0.29, 0.717) is 0 Å².